The zero-order chi connectivity index (χ0) is 12.4. The molecule has 2 aromatic rings. The predicted octanol–water partition coefficient (Wildman–Crippen LogP) is -0.908. The van der Waals surface area contributed by atoms with Crippen LogP contribution < -0.4 is 0 Å². The van der Waals surface area contributed by atoms with Crippen LogP contribution in [0, 0.1) is 0 Å². The molecule has 2 heterocycles. The highest BCUT2D eigenvalue weighted by molar-refractivity contribution is 6.06. The Morgan fingerprint density at radius 2 is 1.94 bits per heavy atom. The first kappa shape index (κ1) is 10.9. The number of ether oxygens (including phenoxy) is 2. The van der Waals surface area contributed by atoms with Crippen molar-refractivity contribution < 1.29 is 19.1 Å². The molecule has 0 atom stereocenters. The zero-order valence-corrected chi connectivity index (χ0v) is 8.95. The van der Waals surface area contributed by atoms with Crippen LogP contribution >= 0.6 is 0 Å². The molecule has 0 spiro atoms. The molecule has 9 heteroatoms. The summed E-state index contributed by atoms with van der Waals surface area (Å²) < 4.78 is 10.1. The molecule has 17 heavy (non-hydrogen) atoms. The number of hydrogen-bond donors (Lipinski definition) is 0. The van der Waals surface area contributed by atoms with Gasteiger partial charge in [0, 0.05) is 0 Å². The molecule has 9 nitrogen and oxygen atoms in total. The van der Waals surface area contributed by atoms with Crippen LogP contribution in [-0.2, 0) is 9.47 Å². The minimum atomic E-state index is -0.743. The Balaban J connectivity index is 2.74. The first-order valence-electron chi connectivity index (χ1n) is 4.43. The minimum absolute atomic E-state index is 0.0275. The molecular formula is C8H7N5O4. The summed E-state index contributed by atoms with van der Waals surface area (Å²) in [6, 6.07) is 0. The second-order valence-electron chi connectivity index (χ2n) is 2.91. The second-order valence-corrected chi connectivity index (χ2v) is 2.91. The Kier molecular flexibility index (Phi) is 2.65. The molecule has 0 aliphatic rings. The van der Waals surface area contributed by atoms with Gasteiger partial charge in [0.1, 0.15) is 5.56 Å². The molecule has 0 saturated heterocycles. The van der Waals surface area contributed by atoms with Gasteiger partial charge in [-0.3, -0.25) is 0 Å². The molecule has 88 valence electrons. The summed E-state index contributed by atoms with van der Waals surface area (Å²) in [6.45, 7) is 0. The van der Waals surface area contributed by atoms with Crippen molar-refractivity contribution in [3.8, 4) is 0 Å². The van der Waals surface area contributed by atoms with E-state index in [1.54, 1.807) is 0 Å². The second kappa shape index (κ2) is 4.12. The monoisotopic (exact) mass is 237 g/mol. The quantitative estimate of drug-likeness (QED) is 0.617. The van der Waals surface area contributed by atoms with E-state index in [2.05, 4.69) is 30.1 Å². The smallest absolute Gasteiger partial charge is 0.342 e. The highest BCUT2D eigenvalue weighted by Gasteiger charge is 2.24. The van der Waals surface area contributed by atoms with Gasteiger partial charge in [0.2, 0.25) is 5.65 Å². The van der Waals surface area contributed by atoms with Gasteiger partial charge < -0.3 is 9.47 Å². The largest absolute Gasteiger partial charge is 0.465 e. The van der Waals surface area contributed by atoms with Gasteiger partial charge in [0.05, 0.1) is 26.0 Å². The number of carbonyl (C=O) groups excluding carboxylic acids is 2. The first-order valence-corrected chi connectivity index (χ1v) is 4.43. The van der Waals surface area contributed by atoms with Crippen molar-refractivity contribution in [2.75, 3.05) is 14.2 Å². The van der Waals surface area contributed by atoms with E-state index >= 15 is 0 Å². The summed E-state index contributed by atoms with van der Waals surface area (Å²) in [4.78, 5) is 23.1. The molecule has 2 rings (SSSR count). The Morgan fingerprint density at radius 3 is 2.59 bits per heavy atom. The van der Waals surface area contributed by atoms with Crippen LogP contribution in [0.4, 0.5) is 0 Å². The lowest BCUT2D eigenvalue weighted by molar-refractivity contribution is 0.0555. The van der Waals surface area contributed by atoms with Crippen molar-refractivity contribution >= 4 is 17.6 Å². The molecule has 0 radical (unpaired) electrons. The molecule has 0 fully saturated rings. The van der Waals surface area contributed by atoms with E-state index in [4.69, 9.17) is 0 Å². The molecule has 0 aromatic carbocycles. The third-order valence-corrected chi connectivity index (χ3v) is 2.04. The lowest BCUT2D eigenvalue weighted by atomic mass is 10.1. The highest BCUT2D eigenvalue weighted by Crippen LogP contribution is 2.14. The van der Waals surface area contributed by atoms with E-state index in [0.29, 0.717) is 0 Å². The molecular weight excluding hydrogens is 230 g/mol. The number of tetrazole rings is 1. The number of nitrogens with zero attached hydrogens (tertiary/aromatic N) is 5. The molecule has 2 aromatic heterocycles. The zero-order valence-electron chi connectivity index (χ0n) is 8.95. The molecule has 0 bridgehead atoms. The van der Waals surface area contributed by atoms with E-state index in [1.807, 2.05) is 0 Å². The van der Waals surface area contributed by atoms with Gasteiger partial charge in [0.25, 0.3) is 0 Å². The minimum Gasteiger partial charge on any atom is -0.465 e. The maximum atomic E-state index is 11.6. The number of fused-ring (bicyclic) bond motifs is 1. The number of rotatable bonds is 2. The van der Waals surface area contributed by atoms with Gasteiger partial charge in [-0.15, -0.1) is 9.73 Å². The Labute approximate surface area is 94.3 Å². The van der Waals surface area contributed by atoms with E-state index in [9.17, 15) is 9.59 Å². The standard InChI is InChI=1S/C8H7N5O4/c1-16-7(14)4-3-9-13-6(10-11-12-13)5(4)8(15)17-2/h3H,1-2H3. The molecule has 0 aliphatic heterocycles. The van der Waals surface area contributed by atoms with Gasteiger partial charge >= 0.3 is 11.9 Å². The topological polar surface area (TPSA) is 109 Å². The van der Waals surface area contributed by atoms with Crippen LogP contribution in [-0.4, -0.2) is 51.4 Å². The Morgan fingerprint density at radius 1 is 1.24 bits per heavy atom. The van der Waals surface area contributed by atoms with Crippen LogP contribution in [0.1, 0.15) is 20.7 Å². The summed E-state index contributed by atoms with van der Waals surface area (Å²) in [7, 11) is 2.37. The van der Waals surface area contributed by atoms with Gasteiger partial charge in [-0.1, -0.05) is 0 Å². The van der Waals surface area contributed by atoms with Gasteiger partial charge in [-0.05, 0) is 10.4 Å². The van der Waals surface area contributed by atoms with Crippen molar-refractivity contribution in [3.63, 3.8) is 0 Å². The summed E-state index contributed by atoms with van der Waals surface area (Å²) in [5.74, 6) is -1.46. The Hall–Kier alpha value is -2.58. The van der Waals surface area contributed by atoms with E-state index in [-0.39, 0.29) is 16.8 Å². The average molecular weight is 237 g/mol. The van der Waals surface area contributed by atoms with Crippen LogP contribution in [0.5, 0.6) is 0 Å². The van der Waals surface area contributed by atoms with Crippen LogP contribution in [0.25, 0.3) is 5.65 Å². The van der Waals surface area contributed by atoms with Crippen molar-refractivity contribution in [2.24, 2.45) is 0 Å². The van der Waals surface area contributed by atoms with E-state index in [0.717, 1.165) is 10.8 Å². The Bertz CT molecular complexity index is 593. The van der Waals surface area contributed by atoms with E-state index in [1.165, 1.54) is 14.2 Å². The third-order valence-electron chi connectivity index (χ3n) is 2.04. The fourth-order valence-corrected chi connectivity index (χ4v) is 1.28. The van der Waals surface area contributed by atoms with Crippen molar-refractivity contribution in [2.45, 2.75) is 0 Å². The molecule has 0 aliphatic carbocycles. The van der Waals surface area contributed by atoms with Crippen LogP contribution in [0.2, 0.25) is 0 Å². The maximum absolute atomic E-state index is 11.6. The normalized spacial score (nSPS) is 10.2. The third kappa shape index (κ3) is 1.67. The predicted molar refractivity (Wildman–Crippen MR) is 51.3 cm³/mol. The average Bonchev–Trinajstić information content (AvgIpc) is 2.83. The molecule has 0 saturated carbocycles. The molecule has 0 N–H and O–H groups in total. The van der Waals surface area contributed by atoms with E-state index < -0.39 is 11.9 Å². The van der Waals surface area contributed by atoms with Crippen LogP contribution in [0.15, 0.2) is 6.20 Å². The van der Waals surface area contributed by atoms with Crippen molar-refractivity contribution in [3.05, 3.63) is 17.3 Å². The van der Waals surface area contributed by atoms with Crippen LogP contribution in [0.3, 0.4) is 0 Å². The molecule has 0 amide bonds. The van der Waals surface area contributed by atoms with Crippen molar-refractivity contribution in [1.82, 2.24) is 25.3 Å². The highest BCUT2D eigenvalue weighted by atomic mass is 16.5. The SMILES string of the molecule is COC(=O)c1cnn2nnnc2c1C(=O)OC. The number of hydrogen-bond acceptors (Lipinski definition) is 8. The summed E-state index contributed by atoms with van der Waals surface area (Å²) >= 11 is 0. The summed E-state index contributed by atoms with van der Waals surface area (Å²) in [5.41, 5.74) is -0.110. The lowest BCUT2D eigenvalue weighted by Gasteiger charge is -2.05. The van der Waals surface area contributed by atoms with Gasteiger partial charge in [-0.2, -0.15) is 5.10 Å². The number of methoxy groups -OCH3 is 2. The van der Waals surface area contributed by atoms with Gasteiger partial charge in [-0.25, -0.2) is 9.59 Å². The first-order chi connectivity index (χ1) is 8.19. The fraction of sp³-hybridized carbons (Fsp3) is 0.250. The molecule has 0 unspecified atom stereocenters. The van der Waals surface area contributed by atoms with Gasteiger partial charge in [0.15, 0.2) is 0 Å². The summed E-state index contributed by atoms with van der Waals surface area (Å²) in [5, 5.41) is 14.2. The fourth-order valence-electron chi connectivity index (χ4n) is 1.28. The van der Waals surface area contributed by atoms with Crippen molar-refractivity contribution in [1.29, 1.82) is 0 Å². The number of aromatic nitrogens is 5. The lowest BCUT2D eigenvalue weighted by Crippen LogP contribution is -2.15. The number of carbonyl (C=O) groups is 2. The maximum Gasteiger partial charge on any atom is 0.342 e. The summed E-state index contributed by atoms with van der Waals surface area (Å²) in [6.07, 6.45) is 1.14. The number of esters is 2.